The van der Waals surface area contributed by atoms with E-state index in [9.17, 15) is 18.0 Å². The minimum Gasteiger partial charge on any atom is -0.438 e. The lowest BCUT2D eigenvalue weighted by atomic mass is 10.1. The van der Waals surface area contributed by atoms with Crippen LogP contribution in [0, 0.1) is 19.8 Å². The predicted molar refractivity (Wildman–Crippen MR) is 166 cm³/mol. The number of nitrogens with zero attached hydrogens (tertiary/aromatic N) is 4. The van der Waals surface area contributed by atoms with Crippen molar-refractivity contribution in [3.63, 3.8) is 0 Å². The molecule has 13 heteroatoms. The molecule has 6 rings (SSSR count). The maximum atomic E-state index is 12.7. The van der Waals surface area contributed by atoms with Crippen molar-refractivity contribution in [2.75, 3.05) is 10.6 Å². The van der Waals surface area contributed by atoms with E-state index in [1.807, 2.05) is 39.8 Å². The lowest BCUT2D eigenvalue weighted by Crippen LogP contribution is -2.19. The minimum atomic E-state index is -4.02. The van der Waals surface area contributed by atoms with Crippen LogP contribution in [0.1, 0.15) is 37.8 Å². The average molecular weight is 617 g/mol. The highest BCUT2D eigenvalue weighted by Gasteiger charge is 2.30. The fraction of sp³-hybridized carbons (Fsp3) is 0.258. The van der Waals surface area contributed by atoms with Crippen molar-refractivity contribution >= 4 is 44.8 Å². The standard InChI is InChI=1S/C24H24N6O3.C7H8O3S/c1-13-4-7-17(11-19(13)26-24(32)18-10-14(2)25-15(18)3)33-22-9-8-21-27-20(12-30(21)29-22)28-23(31)16-5-6-16;1-6-2-4-7(5-3-6)11(8,9)10/h4,7-12,15-16H,5-6H2,1-3H3,(H,26,32)(H,28,31);2-5H,1H3,(H,8,9,10). The van der Waals surface area contributed by atoms with Crippen molar-refractivity contribution < 1.29 is 27.3 Å². The summed E-state index contributed by atoms with van der Waals surface area (Å²) < 4.78 is 37.0. The van der Waals surface area contributed by atoms with Crippen LogP contribution in [0.5, 0.6) is 11.6 Å². The number of nitrogens with one attached hydrogen (secondary N) is 2. The predicted octanol–water partition coefficient (Wildman–Crippen LogP) is 5.15. The zero-order chi connectivity index (χ0) is 31.6. The van der Waals surface area contributed by atoms with Crippen LogP contribution in [0.3, 0.4) is 0 Å². The second kappa shape index (κ2) is 12.4. The summed E-state index contributed by atoms with van der Waals surface area (Å²) in [7, 11) is -4.02. The van der Waals surface area contributed by atoms with E-state index in [1.54, 1.807) is 47.1 Å². The molecule has 228 valence electrons. The van der Waals surface area contributed by atoms with Gasteiger partial charge in [0.1, 0.15) is 5.75 Å². The molecular formula is C31H32N6O6S. The van der Waals surface area contributed by atoms with E-state index in [0.29, 0.717) is 34.4 Å². The normalized spacial score (nSPS) is 16.0. The number of aromatic nitrogens is 3. The summed E-state index contributed by atoms with van der Waals surface area (Å²) in [5, 5.41) is 10.2. The third kappa shape index (κ3) is 7.54. The molecule has 3 N–H and O–H groups in total. The maximum Gasteiger partial charge on any atom is 0.294 e. The molecule has 2 aliphatic rings. The van der Waals surface area contributed by atoms with Gasteiger partial charge in [0.25, 0.3) is 16.0 Å². The molecule has 1 saturated carbocycles. The first-order chi connectivity index (χ1) is 20.9. The number of fused-ring (bicyclic) bond motifs is 1. The van der Waals surface area contributed by atoms with Gasteiger partial charge in [-0.15, -0.1) is 5.10 Å². The summed E-state index contributed by atoms with van der Waals surface area (Å²) in [6.45, 7) is 7.54. The Hall–Kier alpha value is -4.88. The van der Waals surface area contributed by atoms with Crippen molar-refractivity contribution in [1.29, 1.82) is 0 Å². The van der Waals surface area contributed by atoms with Crippen molar-refractivity contribution in [1.82, 2.24) is 14.6 Å². The first-order valence-electron chi connectivity index (χ1n) is 13.9. The van der Waals surface area contributed by atoms with Gasteiger partial charge in [0.2, 0.25) is 11.8 Å². The van der Waals surface area contributed by atoms with E-state index in [0.717, 1.165) is 29.7 Å². The number of benzene rings is 2. The third-order valence-corrected chi connectivity index (χ3v) is 7.84. The second-order valence-electron chi connectivity index (χ2n) is 10.7. The van der Waals surface area contributed by atoms with Gasteiger partial charge in [-0.1, -0.05) is 23.8 Å². The van der Waals surface area contributed by atoms with Crippen LogP contribution in [0.4, 0.5) is 11.5 Å². The molecule has 0 spiro atoms. The quantitative estimate of drug-likeness (QED) is 0.240. The van der Waals surface area contributed by atoms with E-state index < -0.39 is 10.1 Å². The van der Waals surface area contributed by atoms with Gasteiger partial charge >= 0.3 is 0 Å². The highest BCUT2D eigenvalue weighted by atomic mass is 32.2. The first kappa shape index (κ1) is 30.6. The van der Waals surface area contributed by atoms with Crippen molar-refractivity contribution in [3.8, 4) is 11.6 Å². The molecule has 1 aliphatic carbocycles. The van der Waals surface area contributed by atoms with Gasteiger partial charge in [-0.3, -0.25) is 19.1 Å². The Kier molecular flexibility index (Phi) is 8.61. The lowest BCUT2D eigenvalue weighted by Gasteiger charge is -2.13. The molecule has 2 amide bonds. The zero-order valence-electron chi connectivity index (χ0n) is 24.6. The average Bonchev–Trinajstić information content (AvgIpc) is 3.65. The van der Waals surface area contributed by atoms with E-state index in [-0.39, 0.29) is 28.7 Å². The molecule has 2 aromatic carbocycles. The molecule has 1 atom stereocenters. The molecule has 44 heavy (non-hydrogen) atoms. The van der Waals surface area contributed by atoms with E-state index in [2.05, 4.69) is 25.7 Å². The molecule has 1 fully saturated rings. The molecule has 12 nitrogen and oxygen atoms in total. The molecule has 0 bridgehead atoms. The molecular weight excluding hydrogens is 584 g/mol. The number of hydrogen-bond donors (Lipinski definition) is 3. The fourth-order valence-corrected chi connectivity index (χ4v) is 4.87. The molecule has 4 aromatic rings. The van der Waals surface area contributed by atoms with Crippen molar-refractivity contribution in [2.24, 2.45) is 10.9 Å². The Balaban J connectivity index is 0.000000296. The number of aryl methyl sites for hydroxylation is 2. The van der Waals surface area contributed by atoms with Crippen LogP contribution in [-0.2, 0) is 19.7 Å². The second-order valence-corrected chi connectivity index (χ2v) is 12.2. The third-order valence-electron chi connectivity index (χ3n) is 6.97. The largest absolute Gasteiger partial charge is 0.438 e. The Morgan fingerprint density at radius 2 is 1.73 bits per heavy atom. The maximum absolute atomic E-state index is 12.7. The summed E-state index contributed by atoms with van der Waals surface area (Å²) in [4.78, 5) is 33.4. The van der Waals surface area contributed by atoms with Crippen LogP contribution in [0.25, 0.3) is 5.65 Å². The highest BCUT2D eigenvalue weighted by Crippen LogP contribution is 2.30. The molecule has 0 radical (unpaired) electrons. The molecule has 0 saturated heterocycles. The zero-order valence-corrected chi connectivity index (χ0v) is 25.4. The van der Waals surface area contributed by atoms with Gasteiger partial charge in [-0.2, -0.15) is 8.42 Å². The van der Waals surface area contributed by atoms with Gasteiger partial charge in [0, 0.05) is 35.0 Å². The lowest BCUT2D eigenvalue weighted by molar-refractivity contribution is -0.117. The first-order valence-corrected chi connectivity index (χ1v) is 15.4. The molecule has 2 aromatic heterocycles. The summed E-state index contributed by atoms with van der Waals surface area (Å²) in [6.07, 6.45) is 5.32. The van der Waals surface area contributed by atoms with Gasteiger partial charge in [-0.05, 0) is 76.4 Å². The van der Waals surface area contributed by atoms with E-state index in [4.69, 9.17) is 9.29 Å². The van der Waals surface area contributed by atoms with Gasteiger partial charge < -0.3 is 15.4 Å². The number of carbonyl (C=O) groups excluding carboxylic acids is 2. The monoisotopic (exact) mass is 616 g/mol. The number of anilines is 2. The Morgan fingerprint density at radius 3 is 2.36 bits per heavy atom. The van der Waals surface area contributed by atoms with Gasteiger partial charge in [0.15, 0.2) is 11.5 Å². The van der Waals surface area contributed by atoms with Crippen LogP contribution >= 0.6 is 0 Å². The number of allylic oxidation sites excluding steroid dienone is 1. The van der Waals surface area contributed by atoms with Gasteiger partial charge in [0.05, 0.1) is 17.1 Å². The summed E-state index contributed by atoms with van der Waals surface area (Å²) in [5.41, 5.74) is 4.60. The van der Waals surface area contributed by atoms with Crippen LogP contribution in [-0.4, -0.2) is 51.1 Å². The number of ether oxygens (including phenoxy) is 1. The van der Waals surface area contributed by atoms with E-state index in [1.165, 1.54) is 12.1 Å². The topological polar surface area (TPSA) is 164 Å². The van der Waals surface area contributed by atoms with Crippen LogP contribution in [0.2, 0.25) is 0 Å². The molecule has 1 aliphatic heterocycles. The molecule has 1 unspecified atom stereocenters. The van der Waals surface area contributed by atoms with E-state index >= 15 is 0 Å². The number of aliphatic imine (C=N–C) groups is 1. The Morgan fingerprint density at radius 1 is 1.00 bits per heavy atom. The number of imidazole rings is 1. The Labute approximate surface area is 254 Å². The number of rotatable bonds is 7. The SMILES string of the molecule is CC1=NC(C)C(C(=O)Nc2cc(Oc3ccc4nc(NC(=O)C5CC5)cn4n3)ccc2C)=C1.Cc1ccc(S(=O)(=O)O)cc1. The Bertz CT molecular complexity index is 1910. The van der Waals surface area contributed by atoms with Crippen LogP contribution in [0.15, 0.2) is 82.3 Å². The number of amides is 2. The van der Waals surface area contributed by atoms with Gasteiger partial charge in [-0.25, -0.2) is 9.50 Å². The molecule has 3 heterocycles. The fourth-order valence-electron chi connectivity index (χ4n) is 4.39. The smallest absolute Gasteiger partial charge is 0.294 e. The van der Waals surface area contributed by atoms with Crippen LogP contribution < -0.4 is 15.4 Å². The van der Waals surface area contributed by atoms with Crippen molar-refractivity contribution in [2.45, 2.75) is 51.5 Å². The highest BCUT2D eigenvalue weighted by molar-refractivity contribution is 7.85. The summed E-state index contributed by atoms with van der Waals surface area (Å²) in [6, 6.07) is 14.8. The van der Waals surface area contributed by atoms with Crippen molar-refractivity contribution in [3.05, 3.63) is 83.6 Å². The summed E-state index contributed by atoms with van der Waals surface area (Å²) in [5.74, 6) is 1.27. The number of carbonyl (C=O) groups is 2. The summed E-state index contributed by atoms with van der Waals surface area (Å²) >= 11 is 0. The number of hydrogen-bond acceptors (Lipinski definition) is 8. The minimum absolute atomic E-state index is 0.00593.